The summed E-state index contributed by atoms with van der Waals surface area (Å²) in [5.74, 6) is 0. The first-order chi connectivity index (χ1) is 7.19. The topological polar surface area (TPSA) is 15.3 Å². The van der Waals surface area contributed by atoms with E-state index in [2.05, 4.69) is 47.9 Å². The molecule has 0 aromatic heterocycles. The molecule has 1 aliphatic rings. The standard InChI is InChI=1S/C10H15N2PS2/c1-3-12(4-2)13(14)11-9-7-5-6-8-10(9)15-13/h5-8H,3-4H2,1-2H3,(H,11,14). The van der Waals surface area contributed by atoms with Crippen LogP contribution in [0.3, 0.4) is 0 Å². The SMILES string of the molecule is CCN(CC)P1(=S)Nc2ccccc2S1. The monoisotopic (exact) mass is 258 g/mol. The number of nitrogens with zero attached hydrogens (tertiary/aromatic N) is 1. The van der Waals surface area contributed by atoms with E-state index in [1.165, 1.54) is 10.6 Å². The first-order valence-electron chi connectivity index (χ1n) is 5.12. The molecule has 0 radical (unpaired) electrons. The van der Waals surface area contributed by atoms with Crippen molar-refractivity contribution >= 4 is 34.4 Å². The molecule has 0 fully saturated rings. The van der Waals surface area contributed by atoms with Gasteiger partial charge in [-0.05, 0) is 23.9 Å². The van der Waals surface area contributed by atoms with Gasteiger partial charge in [0.05, 0.1) is 5.69 Å². The van der Waals surface area contributed by atoms with Crippen molar-refractivity contribution < 1.29 is 0 Å². The molecule has 1 aromatic carbocycles. The van der Waals surface area contributed by atoms with E-state index < -0.39 is 5.54 Å². The Morgan fingerprint density at radius 3 is 2.60 bits per heavy atom. The summed E-state index contributed by atoms with van der Waals surface area (Å²) in [4.78, 5) is 1.30. The molecule has 1 aromatic rings. The fourth-order valence-corrected chi connectivity index (χ4v) is 8.38. The van der Waals surface area contributed by atoms with Gasteiger partial charge in [0.1, 0.15) is 0 Å². The quantitative estimate of drug-likeness (QED) is 0.830. The van der Waals surface area contributed by atoms with Crippen molar-refractivity contribution in [3.8, 4) is 0 Å². The first-order valence-corrected chi connectivity index (χ1v) is 9.29. The van der Waals surface area contributed by atoms with E-state index in [0.717, 1.165) is 13.1 Å². The van der Waals surface area contributed by atoms with Crippen LogP contribution in [-0.2, 0) is 11.8 Å². The van der Waals surface area contributed by atoms with Gasteiger partial charge in [0.25, 0.3) is 0 Å². The number of hydrogen-bond donors (Lipinski definition) is 1. The van der Waals surface area contributed by atoms with Crippen LogP contribution in [0.15, 0.2) is 29.2 Å². The second kappa shape index (κ2) is 4.46. The van der Waals surface area contributed by atoms with Gasteiger partial charge in [-0.2, -0.15) is 0 Å². The van der Waals surface area contributed by atoms with Crippen LogP contribution >= 0.6 is 16.9 Å². The lowest BCUT2D eigenvalue weighted by Crippen LogP contribution is -2.19. The van der Waals surface area contributed by atoms with E-state index in [9.17, 15) is 0 Å². The minimum absolute atomic E-state index is 1.02. The van der Waals surface area contributed by atoms with Crippen molar-refractivity contribution in [1.29, 1.82) is 0 Å². The average Bonchev–Trinajstić information content (AvgIpc) is 2.56. The minimum atomic E-state index is -1.63. The van der Waals surface area contributed by atoms with Crippen LogP contribution in [-0.4, -0.2) is 17.8 Å². The zero-order chi connectivity index (χ0) is 10.9. The third-order valence-corrected chi connectivity index (χ3v) is 9.04. The van der Waals surface area contributed by atoms with Gasteiger partial charge in [0.15, 0.2) is 5.54 Å². The molecule has 5 heteroatoms. The van der Waals surface area contributed by atoms with Crippen LogP contribution < -0.4 is 5.09 Å². The molecule has 2 nitrogen and oxygen atoms in total. The van der Waals surface area contributed by atoms with E-state index in [1.54, 1.807) is 0 Å². The van der Waals surface area contributed by atoms with E-state index >= 15 is 0 Å². The number of fused-ring (bicyclic) bond motifs is 1. The molecule has 1 N–H and O–H groups in total. The predicted molar refractivity (Wildman–Crippen MR) is 73.1 cm³/mol. The van der Waals surface area contributed by atoms with E-state index in [4.69, 9.17) is 11.8 Å². The molecule has 0 bridgehead atoms. The second-order valence-corrected chi connectivity index (χ2v) is 10.2. The zero-order valence-corrected chi connectivity index (χ0v) is 11.5. The highest BCUT2D eigenvalue weighted by molar-refractivity contribution is 8.71. The van der Waals surface area contributed by atoms with Gasteiger partial charge in [-0.15, -0.1) is 0 Å². The molecule has 1 heterocycles. The third kappa shape index (κ3) is 2.09. The summed E-state index contributed by atoms with van der Waals surface area (Å²) in [6.07, 6.45) is 0. The molecule has 0 aliphatic carbocycles. The molecular formula is C10H15N2PS2. The normalized spacial score (nSPS) is 23.9. The molecule has 1 atom stereocenters. The van der Waals surface area contributed by atoms with Crippen molar-refractivity contribution in [2.24, 2.45) is 0 Å². The summed E-state index contributed by atoms with van der Waals surface area (Å²) < 4.78 is 2.37. The van der Waals surface area contributed by atoms with Crippen LogP contribution in [0.25, 0.3) is 0 Å². The van der Waals surface area contributed by atoms with Crippen LogP contribution in [0, 0.1) is 0 Å². The molecule has 1 aliphatic heterocycles. The van der Waals surface area contributed by atoms with Crippen LogP contribution in [0.5, 0.6) is 0 Å². The molecule has 15 heavy (non-hydrogen) atoms. The Bertz CT molecular complexity index is 375. The highest BCUT2D eigenvalue weighted by Crippen LogP contribution is 2.70. The van der Waals surface area contributed by atoms with Crippen molar-refractivity contribution in [3.63, 3.8) is 0 Å². The Morgan fingerprint density at radius 2 is 2.00 bits per heavy atom. The van der Waals surface area contributed by atoms with Gasteiger partial charge in [0.2, 0.25) is 0 Å². The molecule has 0 saturated heterocycles. The lowest BCUT2D eigenvalue weighted by atomic mass is 10.3. The maximum atomic E-state index is 5.78. The Balaban J connectivity index is 2.28. The highest BCUT2D eigenvalue weighted by atomic mass is 32.9. The summed E-state index contributed by atoms with van der Waals surface area (Å²) in [6, 6.07) is 8.38. The van der Waals surface area contributed by atoms with Crippen LogP contribution in [0.4, 0.5) is 5.69 Å². The summed E-state index contributed by atoms with van der Waals surface area (Å²) in [5.41, 5.74) is -0.423. The zero-order valence-electron chi connectivity index (χ0n) is 8.93. The fourth-order valence-electron chi connectivity index (χ4n) is 1.67. The Morgan fingerprint density at radius 1 is 1.33 bits per heavy atom. The van der Waals surface area contributed by atoms with Gasteiger partial charge < -0.3 is 5.09 Å². The van der Waals surface area contributed by atoms with E-state index in [1.807, 2.05) is 11.4 Å². The van der Waals surface area contributed by atoms with Crippen LogP contribution in [0.2, 0.25) is 0 Å². The summed E-state index contributed by atoms with van der Waals surface area (Å²) in [5, 5.41) is 3.53. The van der Waals surface area contributed by atoms with Crippen molar-refractivity contribution in [2.45, 2.75) is 18.7 Å². The lowest BCUT2D eigenvalue weighted by molar-refractivity contribution is 0.514. The second-order valence-electron chi connectivity index (χ2n) is 3.36. The molecule has 0 spiro atoms. The summed E-state index contributed by atoms with van der Waals surface area (Å²) in [6.45, 7) is 6.37. The van der Waals surface area contributed by atoms with E-state index in [-0.39, 0.29) is 0 Å². The Kier molecular flexibility index (Phi) is 3.41. The number of benzene rings is 1. The van der Waals surface area contributed by atoms with Gasteiger partial charge in [0, 0.05) is 18.0 Å². The van der Waals surface area contributed by atoms with Crippen LogP contribution in [0.1, 0.15) is 13.8 Å². The predicted octanol–water partition coefficient (Wildman–Crippen LogP) is 3.77. The third-order valence-electron chi connectivity index (χ3n) is 2.47. The van der Waals surface area contributed by atoms with Crippen molar-refractivity contribution in [3.05, 3.63) is 24.3 Å². The molecule has 0 saturated carbocycles. The Hall–Kier alpha value is -0.0200. The van der Waals surface area contributed by atoms with Gasteiger partial charge in [-0.3, -0.25) is 4.67 Å². The molecule has 0 amide bonds. The van der Waals surface area contributed by atoms with Gasteiger partial charge in [-0.25, -0.2) is 0 Å². The maximum absolute atomic E-state index is 5.78. The first kappa shape index (κ1) is 11.5. The van der Waals surface area contributed by atoms with E-state index in [0.29, 0.717) is 0 Å². The maximum Gasteiger partial charge on any atom is 0.158 e. The highest BCUT2D eigenvalue weighted by Gasteiger charge is 2.31. The Labute approximate surface area is 100 Å². The molecule has 1 unspecified atom stereocenters. The fraction of sp³-hybridized carbons (Fsp3) is 0.400. The smallest absolute Gasteiger partial charge is 0.158 e. The lowest BCUT2D eigenvalue weighted by Gasteiger charge is -2.28. The number of nitrogens with one attached hydrogen (secondary N) is 1. The number of rotatable bonds is 3. The number of para-hydroxylation sites is 1. The number of anilines is 1. The molecule has 82 valence electrons. The largest absolute Gasteiger partial charge is 0.337 e. The average molecular weight is 258 g/mol. The van der Waals surface area contributed by atoms with Crippen molar-refractivity contribution in [2.75, 3.05) is 18.2 Å². The van der Waals surface area contributed by atoms with Crippen molar-refractivity contribution in [1.82, 2.24) is 4.67 Å². The number of hydrogen-bond acceptors (Lipinski definition) is 2. The summed E-state index contributed by atoms with van der Waals surface area (Å²) >= 11 is 7.62. The van der Waals surface area contributed by atoms with Gasteiger partial charge in [-0.1, -0.05) is 37.4 Å². The van der Waals surface area contributed by atoms with Gasteiger partial charge >= 0.3 is 0 Å². The summed E-state index contributed by atoms with van der Waals surface area (Å²) in [7, 11) is 0. The molecule has 2 rings (SSSR count). The molecular weight excluding hydrogens is 243 g/mol. The minimum Gasteiger partial charge on any atom is -0.337 e.